The van der Waals surface area contributed by atoms with Gasteiger partial charge < -0.3 is 15.1 Å². The Morgan fingerprint density at radius 3 is 2.24 bits per heavy atom. The molecule has 7 rings (SSSR count). The van der Waals surface area contributed by atoms with Crippen molar-refractivity contribution in [2.75, 3.05) is 0 Å². The van der Waals surface area contributed by atoms with Crippen LogP contribution in [0.15, 0.2) is 66.4 Å². The second-order valence-electron chi connectivity index (χ2n) is 13.5. The summed E-state index contributed by atoms with van der Waals surface area (Å²) in [5.41, 5.74) is 15.9. The fraction of sp³-hybridized carbons (Fsp3) is 0.250. The molecule has 45 heavy (non-hydrogen) atoms. The number of aryl methyl sites for hydroxylation is 4. The molecule has 3 aliphatic rings. The maximum absolute atomic E-state index is 10.9. The van der Waals surface area contributed by atoms with Crippen molar-refractivity contribution in [3.05, 3.63) is 122 Å². The van der Waals surface area contributed by atoms with Crippen molar-refractivity contribution in [2.45, 2.75) is 66.7 Å². The van der Waals surface area contributed by atoms with Gasteiger partial charge in [0.25, 0.3) is 0 Å². The highest BCUT2D eigenvalue weighted by molar-refractivity contribution is 5.92. The van der Waals surface area contributed by atoms with Crippen LogP contribution in [0.3, 0.4) is 0 Å². The number of aromatic amines is 2. The Labute approximate surface area is 264 Å². The number of hydrogen-bond acceptors (Lipinski definition) is 3. The third-order valence-electron chi connectivity index (χ3n) is 9.23. The van der Waals surface area contributed by atoms with E-state index in [0.29, 0.717) is 0 Å². The molecule has 3 aliphatic heterocycles. The molecule has 0 radical (unpaired) electrons. The van der Waals surface area contributed by atoms with E-state index in [0.717, 1.165) is 79.6 Å². The van der Waals surface area contributed by atoms with Gasteiger partial charge in [0, 0.05) is 68.4 Å². The van der Waals surface area contributed by atoms with Crippen LogP contribution in [0.1, 0.15) is 65.8 Å². The number of aliphatic hydroxyl groups excluding tert-OH is 1. The molecule has 0 saturated heterocycles. The number of aliphatic hydroxyl groups is 1. The lowest BCUT2D eigenvalue weighted by molar-refractivity contribution is 0.418. The SMILES string of the molecule is CC(O)=C1C=c2nc1cc1nc(cc3ccc([nH]3)c(-c3ccc(C)cc3)c3[nH]c(c2-c2c(C)cc(C)cc2C)CC=3)C(C)(C)C1. The van der Waals surface area contributed by atoms with E-state index in [4.69, 9.17) is 9.97 Å². The number of rotatable bonds is 2. The normalized spacial score (nSPS) is 15.7. The number of benzene rings is 2. The molecule has 0 aliphatic carbocycles. The first-order valence-corrected chi connectivity index (χ1v) is 15.7. The minimum atomic E-state index is -0.144. The molecule has 0 saturated carbocycles. The number of nitrogens with zero attached hydrogens (tertiary/aromatic N) is 2. The van der Waals surface area contributed by atoms with E-state index < -0.39 is 0 Å². The van der Waals surface area contributed by atoms with Crippen molar-refractivity contribution < 1.29 is 5.11 Å². The minimum absolute atomic E-state index is 0.144. The number of allylic oxidation sites excluding steroid dienone is 2. The summed E-state index contributed by atoms with van der Waals surface area (Å²) in [5, 5.41) is 12.8. The molecule has 0 fully saturated rings. The molecular formula is C40H40N4O. The minimum Gasteiger partial charge on any atom is -0.512 e. The number of aromatic nitrogens is 4. The lowest BCUT2D eigenvalue weighted by atomic mass is 9.87. The second-order valence-corrected chi connectivity index (χ2v) is 13.5. The van der Waals surface area contributed by atoms with Crippen LogP contribution >= 0.6 is 0 Å². The number of fused-ring (bicyclic) bond motifs is 8. The van der Waals surface area contributed by atoms with E-state index in [1.54, 1.807) is 6.92 Å². The molecule has 8 bridgehead atoms. The van der Waals surface area contributed by atoms with Crippen molar-refractivity contribution in [3.63, 3.8) is 0 Å². The Hall–Kier alpha value is -4.90. The molecule has 226 valence electrons. The molecule has 2 aromatic carbocycles. The summed E-state index contributed by atoms with van der Waals surface area (Å²) in [5.74, 6) is 0.250. The lowest BCUT2D eigenvalue weighted by Crippen LogP contribution is -2.15. The summed E-state index contributed by atoms with van der Waals surface area (Å²) < 4.78 is 0. The van der Waals surface area contributed by atoms with Crippen molar-refractivity contribution in [3.8, 4) is 22.3 Å². The molecule has 0 amide bonds. The Kier molecular flexibility index (Phi) is 6.81. The van der Waals surface area contributed by atoms with E-state index in [9.17, 15) is 5.11 Å². The van der Waals surface area contributed by atoms with Gasteiger partial charge in [0.15, 0.2) is 0 Å². The van der Waals surface area contributed by atoms with Gasteiger partial charge in [-0.3, -0.25) is 4.98 Å². The van der Waals surface area contributed by atoms with Crippen molar-refractivity contribution in [1.29, 1.82) is 0 Å². The zero-order valence-corrected chi connectivity index (χ0v) is 27.2. The molecule has 5 heteroatoms. The Morgan fingerprint density at radius 2 is 1.53 bits per heavy atom. The molecule has 5 nitrogen and oxygen atoms in total. The highest BCUT2D eigenvalue weighted by Gasteiger charge is 2.29. The van der Waals surface area contributed by atoms with Crippen molar-refractivity contribution >= 4 is 28.8 Å². The fourth-order valence-electron chi connectivity index (χ4n) is 7.09. The zero-order valence-electron chi connectivity index (χ0n) is 27.2. The van der Waals surface area contributed by atoms with Crippen LogP contribution in [0.5, 0.6) is 0 Å². The van der Waals surface area contributed by atoms with Gasteiger partial charge in [0.1, 0.15) is 0 Å². The van der Waals surface area contributed by atoms with E-state index in [1.807, 2.05) is 6.08 Å². The van der Waals surface area contributed by atoms with Crippen molar-refractivity contribution in [2.24, 2.45) is 0 Å². The highest BCUT2D eigenvalue weighted by Crippen LogP contribution is 2.34. The average molecular weight is 593 g/mol. The second kappa shape index (κ2) is 10.6. The smallest absolute Gasteiger partial charge is 0.0986 e. The van der Waals surface area contributed by atoms with Crippen molar-refractivity contribution in [1.82, 2.24) is 19.9 Å². The van der Waals surface area contributed by atoms with E-state index in [-0.39, 0.29) is 11.2 Å². The monoisotopic (exact) mass is 592 g/mol. The quantitative estimate of drug-likeness (QED) is 0.207. The Morgan fingerprint density at radius 1 is 0.800 bits per heavy atom. The topological polar surface area (TPSA) is 77.6 Å². The Bertz CT molecular complexity index is 2220. The molecule has 2 aromatic heterocycles. The number of H-pyrrole nitrogens is 2. The summed E-state index contributed by atoms with van der Waals surface area (Å²) >= 11 is 0. The molecule has 0 unspecified atom stereocenters. The van der Waals surface area contributed by atoms with E-state index in [2.05, 4.69) is 118 Å². The fourth-order valence-corrected chi connectivity index (χ4v) is 7.09. The van der Waals surface area contributed by atoms with Crippen LogP contribution in [-0.4, -0.2) is 25.0 Å². The van der Waals surface area contributed by atoms with Gasteiger partial charge in [-0.15, -0.1) is 0 Å². The summed E-state index contributed by atoms with van der Waals surface area (Å²) in [4.78, 5) is 17.9. The average Bonchev–Trinajstić information content (AvgIpc) is 3.75. The maximum atomic E-state index is 10.9. The largest absolute Gasteiger partial charge is 0.512 e. The first-order chi connectivity index (χ1) is 21.5. The third kappa shape index (κ3) is 5.16. The maximum Gasteiger partial charge on any atom is 0.0986 e. The third-order valence-corrected chi connectivity index (χ3v) is 9.23. The number of nitrogens with one attached hydrogen (secondary N) is 2. The van der Waals surface area contributed by atoms with Gasteiger partial charge in [0.2, 0.25) is 0 Å². The first kappa shape index (κ1) is 28.8. The summed E-state index contributed by atoms with van der Waals surface area (Å²) in [6, 6.07) is 21.8. The highest BCUT2D eigenvalue weighted by atomic mass is 16.3. The molecule has 5 heterocycles. The van der Waals surface area contributed by atoms with Gasteiger partial charge in [-0.05, 0) is 87.2 Å². The molecule has 3 N–H and O–H groups in total. The first-order valence-electron chi connectivity index (χ1n) is 15.7. The van der Waals surface area contributed by atoms with Crippen LogP contribution in [0.2, 0.25) is 0 Å². The van der Waals surface area contributed by atoms with Gasteiger partial charge in [-0.25, -0.2) is 4.98 Å². The molecular weight excluding hydrogens is 552 g/mol. The standard InChI is InChI=1S/C40H40N4O/c1-22-8-10-27(11-9-22)38-31-13-12-28(41-31)19-36-40(6,7)21-29(42-36)18-34-30(26(5)45)20-35(44-34)39(33-15-14-32(38)43-33)37-24(3)16-23(2)17-25(37)4/h8-14,16-20,41,43,45H,15,21H2,1-7H3. The van der Waals surface area contributed by atoms with Crippen LogP contribution in [-0.2, 0) is 18.3 Å². The molecule has 0 spiro atoms. The molecule has 4 aromatic rings. The predicted octanol–water partition coefficient (Wildman–Crippen LogP) is 7.92. The Balaban J connectivity index is 1.70. The van der Waals surface area contributed by atoms with Gasteiger partial charge in [-0.1, -0.05) is 67.4 Å². The summed E-state index contributed by atoms with van der Waals surface area (Å²) in [7, 11) is 0. The summed E-state index contributed by atoms with van der Waals surface area (Å²) in [6.07, 6.45) is 5.85. The van der Waals surface area contributed by atoms with E-state index >= 15 is 0 Å². The van der Waals surface area contributed by atoms with E-state index in [1.165, 1.54) is 27.8 Å². The summed E-state index contributed by atoms with van der Waals surface area (Å²) in [6.45, 7) is 14.8. The van der Waals surface area contributed by atoms with Gasteiger partial charge in [0.05, 0.1) is 16.8 Å². The zero-order chi connectivity index (χ0) is 31.6. The number of hydrogen-bond donors (Lipinski definition) is 3. The van der Waals surface area contributed by atoms with Crippen LogP contribution in [0.4, 0.5) is 0 Å². The lowest BCUT2D eigenvalue weighted by Gasteiger charge is -2.15. The molecule has 0 atom stereocenters. The van der Waals surface area contributed by atoms with Gasteiger partial charge in [-0.2, -0.15) is 0 Å². The van der Waals surface area contributed by atoms with Crippen LogP contribution in [0.25, 0.3) is 51.0 Å². The van der Waals surface area contributed by atoms with Gasteiger partial charge >= 0.3 is 0 Å². The van der Waals surface area contributed by atoms with Crippen LogP contribution < -0.4 is 10.7 Å². The predicted molar refractivity (Wildman–Crippen MR) is 186 cm³/mol. The van der Waals surface area contributed by atoms with Crippen LogP contribution in [0, 0.1) is 27.7 Å².